The van der Waals surface area contributed by atoms with Gasteiger partial charge in [0.15, 0.2) is 0 Å². The van der Waals surface area contributed by atoms with Gasteiger partial charge in [-0.05, 0) is 42.7 Å². The number of aryl methyl sites for hydroxylation is 1. The van der Waals surface area contributed by atoms with Gasteiger partial charge in [0.1, 0.15) is 0 Å². The number of hydrogen-bond donors (Lipinski definition) is 0. The lowest BCUT2D eigenvalue weighted by Gasteiger charge is -2.11. The van der Waals surface area contributed by atoms with E-state index in [0.717, 1.165) is 28.1 Å². The van der Waals surface area contributed by atoms with Crippen molar-refractivity contribution < 1.29 is 0 Å². The number of rotatable bonds is 4. The molecule has 1 aromatic carbocycles. The van der Waals surface area contributed by atoms with E-state index in [-0.39, 0.29) is 0 Å². The molecule has 0 bridgehead atoms. The average Bonchev–Trinajstić information content (AvgIpc) is 2.81. The van der Waals surface area contributed by atoms with E-state index in [1.54, 1.807) is 0 Å². The van der Waals surface area contributed by atoms with E-state index in [1.807, 2.05) is 67.2 Å². The molecule has 19 heavy (non-hydrogen) atoms. The maximum Gasteiger partial charge on any atom is 0.0769 e. The van der Waals surface area contributed by atoms with E-state index in [0.29, 0.717) is 0 Å². The molecule has 2 rings (SSSR count). The molecule has 0 N–H and O–H groups in total. The van der Waals surface area contributed by atoms with Crippen LogP contribution in [0.15, 0.2) is 67.4 Å². The van der Waals surface area contributed by atoms with E-state index < -0.39 is 0 Å². The Morgan fingerprint density at radius 3 is 2.53 bits per heavy atom. The number of nitrogens with zero attached hydrogens (tertiary/aromatic N) is 2. The van der Waals surface area contributed by atoms with Gasteiger partial charge in [0.25, 0.3) is 0 Å². The first-order valence-corrected chi connectivity index (χ1v) is 6.26. The minimum atomic E-state index is 0.900. The predicted molar refractivity (Wildman–Crippen MR) is 81.3 cm³/mol. The number of aromatic nitrogens is 2. The molecule has 0 aliphatic carbocycles. The number of benzene rings is 1. The minimum Gasteiger partial charge on any atom is -0.233 e. The largest absolute Gasteiger partial charge is 0.233 e. The van der Waals surface area contributed by atoms with Gasteiger partial charge in [0, 0.05) is 0 Å². The molecule has 0 saturated heterocycles. The van der Waals surface area contributed by atoms with Crippen LogP contribution >= 0.6 is 0 Å². The molecule has 0 atom stereocenters. The van der Waals surface area contributed by atoms with Crippen molar-refractivity contribution in [1.82, 2.24) is 9.78 Å². The van der Waals surface area contributed by atoms with E-state index in [4.69, 9.17) is 0 Å². The highest BCUT2D eigenvalue weighted by Gasteiger charge is 2.13. The quantitative estimate of drug-likeness (QED) is 0.739. The summed E-state index contributed by atoms with van der Waals surface area (Å²) in [6.07, 6.45) is 5.78. The van der Waals surface area contributed by atoms with Crippen molar-refractivity contribution in [2.24, 2.45) is 0 Å². The summed E-state index contributed by atoms with van der Waals surface area (Å²) >= 11 is 0. The molecule has 0 fully saturated rings. The standard InChI is InChI=1S/C17H18N2/c1-5-9-13(2)15(4)17-14(3)12-18-19(17)16-10-7-6-8-11-16/h5-12H,2,4H2,1,3H3/b9-5-. The number of hydrogen-bond acceptors (Lipinski definition) is 1. The summed E-state index contributed by atoms with van der Waals surface area (Å²) in [5.74, 6) is 0. The summed E-state index contributed by atoms with van der Waals surface area (Å²) in [7, 11) is 0. The predicted octanol–water partition coefficient (Wildman–Crippen LogP) is 4.33. The van der Waals surface area contributed by atoms with Crippen LogP contribution in [0.3, 0.4) is 0 Å². The van der Waals surface area contributed by atoms with Crippen molar-refractivity contribution in [1.29, 1.82) is 0 Å². The van der Waals surface area contributed by atoms with Gasteiger partial charge in [-0.15, -0.1) is 0 Å². The fourth-order valence-corrected chi connectivity index (χ4v) is 2.01. The maximum atomic E-state index is 4.44. The monoisotopic (exact) mass is 250 g/mol. The summed E-state index contributed by atoms with van der Waals surface area (Å²) in [6.45, 7) is 12.2. The van der Waals surface area contributed by atoms with Crippen molar-refractivity contribution in [3.8, 4) is 5.69 Å². The Kier molecular flexibility index (Phi) is 3.81. The molecule has 2 heteroatoms. The van der Waals surface area contributed by atoms with Crippen LogP contribution in [-0.4, -0.2) is 9.78 Å². The smallest absolute Gasteiger partial charge is 0.0769 e. The SMILES string of the molecule is C=C(/C=C\C)C(=C)c1c(C)cnn1-c1ccccc1. The second kappa shape index (κ2) is 5.53. The summed E-state index contributed by atoms with van der Waals surface area (Å²) in [5.41, 5.74) is 4.94. The molecule has 0 saturated carbocycles. The summed E-state index contributed by atoms with van der Waals surface area (Å²) in [4.78, 5) is 0. The van der Waals surface area contributed by atoms with Crippen LogP contribution < -0.4 is 0 Å². The van der Waals surface area contributed by atoms with E-state index in [1.165, 1.54) is 0 Å². The van der Waals surface area contributed by atoms with Gasteiger partial charge in [-0.25, -0.2) is 4.68 Å². The zero-order chi connectivity index (χ0) is 13.8. The summed E-state index contributed by atoms with van der Waals surface area (Å²) in [5, 5.41) is 4.44. The van der Waals surface area contributed by atoms with Crippen LogP contribution in [-0.2, 0) is 0 Å². The Balaban J connectivity index is 2.50. The molecule has 0 spiro atoms. The molecule has 2 nitrogen and oxygen atoms in total. The lowest BCUT2D eigenvalue weighted by molar-refractivity contribution is 0.867. The van der Waals surface area contributed by atoms with E-state index in [2.05, 4.69) is 18.3 Å². The van der Waals surface area contributed by atoms with Gasteiger partial charge in [0.2, 0.25) is 0 Å². The highest BCUT2D eigenvalue weighted by molar-refractivity contribution is 5.79. The number of para-hydroxylation sites is 1. The topological polar surface area (TPSA) is 17.8 Å². The lowest BCUT2D eigenvalue weighted by atomic mass is 10.0. The highest BCUT2D eigenvalue weighted by Crippen LogP contribution is 2.26. The second-order valence-electron chi connectivity index (χ2n) is 4.43. The van der Waals surface area contributed by atoms with Crippen LogP contribution in [0.2, 0.25) is 0 Å². The molecule has 0 aliphatic heterocycles. The molecule has 96 valence electrons. The van der Waals surface area contributed by atoms with Crippen molar-refractivity contribution >= 4 is 5.57 Å². The van der Waals surface area contributed by atoms with Gasteiger partial charge in [-0.1, -0.05) is 43.5 Å². The maximum absolute atomic E-state index is 4.44. The van der Waals surface area contributed by atoms with Gasteiger partial charge in [-0.3, -0.25) is 0 Å². The van der Waals surface area contributed by atoms with Gasteiger partial charge in [-0.2, -0.15) is 5.10 Å². The Labute approximate surface area is 114 Å². The van der Waals surface area contributed by atoms with E-state index in [9.17, 15) is 0 Å². The molecular formula is C17H18N2. The Morgan fingerprint density at radius 2 is 1.89 bits per heavy atom. The third kappa shape index (κ3) is 2.58. The molecular weight excluding hydrogens is 232 g/mol. The molecule has 1 heterocycles. The first-order valence-electron chi connectivity index (χ1n) is 6.26. The lowest BCUT2D eigenvalue weighted by Crippen LogP contribution is -2.02. The Hall–Kier alpha value is -2.35. The molecule has 2 aromatic rings. The molecule has 1 aromatic heterocycles. The molecule has 0 radical (unpaired) electrons. The van der Waals surface area contributed by atoms with Gasteiger partial charge in [0.05, 0.1) is 17.6 Å². The van der Waals surface area contributed by atoms with Crippen LogP contribution in [0.5, 0.6) is 0 Å². The van der Waals surface area contributed by atoms with Crippen LogP contribution in [0.4, 0.5) is 0 Å². The minimum absolute atomic E-state index is 0.900. The summed E-state index contributed by atoms with van der Waals surface area (Å²) in [6, 6.07) is 10.1. The molecule has 0 unspecified atom stereocenters. The van der Waals surface area contributed by atoms with E-state index >= 15 is 0 Å². The normalized spacial score (nSPS) is 10.8. The van der Waals surface area contributed by atoms with Gasteiger partial charge >= 0.3 is 0 Å². The molecule has 0 aliphatic rings. The number of allylic oxidation sites excluding steroid dienone is 4. The molecule has 0 amide bonds. The van der Waals surface area contributed by atoms with Crippen molar-refractivity contribution in [3.63, 3.8) is 0 Å². The van der Waals surface area contributed by atoms with Crippen LogP contribution in [0.1, 0.15) is 18.2 Å². The Bertz CT molecular complexity index is 631. The first-order chi connectivity index (χ1) is 9.15. The zero-order valence-electron chi connectivity index (χ0n) is 11.4. The van der Waals surface area contributed by atoms with Crippen molar-refractivity contribution in [2.75, 3.05) is 0 Å². The van der Waals surface area contributed by atoms with Gasteiger partial charge < -0.3 is 0 Å². The van der Waals surface area contributed by atoms with Crippen LogP contribution in [0, 0.1) is 6.92 Å². The van der Waals surface area contributed by atoms with Crippen molar-refractivity contribution in [2.45, 2.75) is 13.8 Å². The zero-order valence-corrected chi connectivity index (χ0v) is 11.4. The third-order valence-corrected chi connectivity index (χ3v) is 2.99. The second-order valence-corrected chi connectivity index (χ2v) is 4.43. The first kappa shape index (κ1) is 13.1. The Morgan fingerprint density at radius 1 is 1.21 bits per heavy atom. The highest BCUT2D eigenvalue weighted by atomic mass is 15.3. The van der Waals surface area contributed by atoms with Crippen molar-refractivity contribution in [3.05, 3.63) is 78.7 Å². The fraction of sp³-hybridized carbons (Fsp3) is 0.118. The third-order valence-electron chi connectivity index (χ3n) is 2.99. The summed E-state index contributed by atoms with van der Waals surface area (Å²) < 4.78 is 1.91. The average molecular weight is 250 g/mol. The fourth-order valence-electron chi connectivity index (χ4n) is 2.01. The van der Waals surface area contributed by atoms with Crippen LogP contribution in [0.25, 0.3) is 11.3 Å².